The van der Waals surface area contributed by atoms with Gasteiger partial charge in [0.1, 0.15) is 11.0 Å². The summed E-state index contributed by atoms with van der Waals surface area (Å²) < 4.78 is 0. The first-order chi connectivity index (χ1) is 6.72. The van der Waals surface area contributed by atoms with Gasteiger partial charge in [0.05, 0.1) is 12.4 Å². The Kier molecular flexibility index (Phi) is 4.62. The van der Waals surface area contributed by atoms with Gasteiger partial charge in [0, 0.05) is 13.1 Å². The van der Waals surface area contributed by atoms with Crippen molar-refractivity contribution in [1.82, 2.24) is 14.9 Å². The van der Waals surface area contributed by atoms with Gasteiger partial charge in [0.25, 0.3) is 0 Å². The first-order valence-electron chi connectivity index (χ1n) is 4.62. The quantitative estimate of drug-likeness (QED) is 0.807. The molecule has 1 heterocycles. The van der Waals surface area contributed by atoms with Crippen molar-refractivity contribution in [3.63, 3.8) is 0 Å². The lowest BCUT2D eigenvalue weighted by Gasteiger charge is -2.13. The van der Waals surface area contributed by atoms with Crippen molar-refractivity contribution >= 4 is 17.4 Å². The summed E-state index contributed by atoms with van der Waals surface area (Å²) in [5.41, 5.74) is 0. The van der Waals surface area contributed by atoms with Crippen molar-refractivity contribution in [3.8, 4) is 0 Å². The molecule has 14 heavy (non-hydrogen) atoms. The van der Waals surface area contributed by atoms with Crippen LogP contribution < -0.4 is 5.32 Å². The highest BCUT2D eigenvalue weighted by Crippen LogP contribution is 2.05. The van der Waals surface area contributed by atoms with Crippen LogP contribution in [0.1, 0.15) is 6.92 Å². The Bertz CT molecular complexity index is 279. The zero-order valence-corrected chi connectivity index (χ0v) is 9.25. The fourth-order valence-corrected chi connectivity index (χ4v) is 1.11. The molecule has 0 saturated heterocycles. The van der Waals surface area contributed by atoms with Gasteiger partial charge < -0.3 is 10.2 Å². The molecule has 0 radical (unpaired) electrons. The maximum absolute atomic E-state index is 5.69. The van der Waals surface area contributed by atoms with Crippen LogP contribution in [-0.4, -0.2) is 41.5 Å². The van der Waals surface area contributed by atoms with E-state index in [0.717, 1.165) is 25.5 Å². The molecule has 0 fully saturated rings. The zero-order valence-electron chi connectivity index (χ0n) is 8.50. The second kappa shape index (κ2) is 5.78. The minimum atomic E-state index is 0.416. The summed E-state index contributed by atoms with van der Waals surface area (Å²) >= 11 is 5.69. The van der Waals surface area contributed by atoms with Crippen LogP contribution in [-0.2, 0) is 0 Å². The van der Waals surface area contributed by atoms with E-state index in [1.165, 1.54) is 6.20 Å². The molecule has 0 unspecified atom stereocenters. The summed E-state index contributed by atoms with van der Waals surface area (Å²) in [6, 6.07) is 0. The summed E-state index contributed by atoms with van der Waals surface area (Å²) in [7, 11) is 2.07. The lowest BCUT2D eigenvalue weighted by molar-refractivity contribution is 0.367. The number of hydrogen-bond donors (Lipinski definition) is 1. The van der Waals surface area contributed by atoms with Gasteiger partial charge in [-0.05, 0) is 13.6 Å². The van der Waals surface area contributed by atoms with Crippen molar-refractivity contribution in [1.29, 1.82) is 0 Å². The van der Waals surface area contributed by atoms with E-state index in [-0.39, 0.29) is 0 Å². The summed E-state index contributed by atoms with van der Waals surface area (Å²) in [4.78, 5) is 10.2. The van der Waals surface area contributed by atoms with E-state index in [1.54, 1.807) is 6.20 Å². The van der Waals surface area contributed by atoms with Crippen LogP contribution in [0.25, 0.3) is 0 Å². The first-order valence-corrected chi connectivity index (χ1v) is 5.00. The number of halogens is 1. The highest BCUT2D eigenvalue weighted by Gasteiger charge is 1.97. The normalized spacial score (nSPS) is 10.6. The van der Waals surface area contributed by atoms with Gasteiger partial charge in [-0.3, -0.25) is 4.98 Å². The number of anilines is 1. The summed E-state index contributed by atoms with van der Waals surface area (Å²) in [6.45, 7) is 4.99. The molecule has 0 atom stereocenters. The van der Waals surface area contributed by atoms with Crippen LogP contribution in [0.15, 0.2) is 12.4 Å². The van der Waals surface area contributed by atoms with E-state index in [0.29, 0.717) is 5.15 Å². The molecule has 1 aromatic rings. The molecule has 1 N–H and O–H groups in total. The van der Waals surface area contributed by atoms with Crippen LogP contribution in [0.2, 0.25) is 5.15 Å². The molecular weight excluding hydrogens is 200 g/mol. The third kappa shape index (κ3) is 3.89. The Morgan fingerprint density at radius 1 is 1.50 bits per heavy atom. The minimum Gasteiger partial charge on any atom is -0.367 e. The topological polar surface area (TPSA) is 41.0 Å². The molecule has 0 amide bonds. The first kappa shape index (κ1) is 11.2. The number of aromatic nitrogens is 2. The Morgan fingerprint density at radius 3 is 2.93 bits per heavy atom. The summed E-state index contributed by atoms with van der Waals surface area (Å²) in [5, 5.41) is 3.57. The molecule has 5 heteroatoms. The van der Waals surface area contributed by atoms with Gasteiger partial charge in [0.15, 0.2) is 0 Å². The molecule has 0 aliphatic heterocycles. The Labute approximate surface area is 89.3 Å². The number of likely N-dealkylation sites (N-methyl/N-ethyl adjacent to an activating group) is 1. The van der Waals surface area contributed by atoms with Gasteiger partial charge in [0.2, 0.25) is 0 Å². The van der Waals surface area contributed by atoms with Gasteiger partial charge in [-0.2, -0.15) is 0 Å². The molecule has 4 nitrogen and oxygen atoms in total. The second-order valence-electron chi connectivity index (χ2n) is 3.05. The van der Waals surface area contributed by atoms with Crippen molar-refractivity contribution in [3.05, 3.63) is 17.5 Å². The van der Waals surface area contributed by atoms with Gasteiger partial charge >= 0.3 is 0 Å². The van der Waals surface area contributed by atoms with E-state index in [2.05, 4.69) is 34.2 Å². The Morgan fingerprint density at radius 2 is 2.29 bits per heavy atom. The van der Waals surface area contributed by atoms with Crippen LogP contribution in [0.3, 0.4) is 0 Å². The average Bonchev–Trinajstić information content (AvgIpc) is 2.17. The van der Waals surface area contributed by atoms with Crippen LogP contribution in [0, 0.1) is 0 Å². The third-order valence-electron chi connectivity index (χ3n) is 1.94. The van der Waals surface area contributed by atoms with E-state index >= 15 is 0 Å². The van der Waals surface area contributed by atoms with Gasteiger partial charge in [-0.1, -0.05) is 18.5 Å². The molecule has 0 aliphatic carbocycles. The monoisotopic (exact) mass is 214 g/mol. The Balaban J connectivity index is 2.31. The smallest absolute Gasteiger partial charge is 0.149 e. The molecule has 0 aliphatic rings. The number of nitrogens with one attached hydrogen (secondary N) is 1. The van der Waals surface area contributed by atoms with Crippen molar-refractivity contribution < 1.29 is 0 Å². The van der Waals surface area contributed by atoms with Crippen molar-refractivity contribution in [2.45, 2.75) is 6.92 Å². The number of rotatable bonds is 5. The number of nitrogens with zero attached hydrogens (tertiary/aromatic N) is 3. The van der Waals surface area contributed by atoms with Gasteiger partial charge in [-0.25, -0.2) is 4.98 Å². The predicted octanol–water partition coefficient (Wildman–Crippen LogP) is 1.49. The molecule has 0 aromatic carbocycles. The minimum absolute atomic E-state index is 0.416. The summed E-state index contributed by atoms with van der Waals surface area (Å²) in [5.74, 6) is 0.724. The van der Waals surface area contributed by atoms with Crippen molar-refractivity contribution in [2.24, 2.45) is 0 Å². The molecule has 1 aromatic heterocycles. The fourth-order valence-electron chi connectivity index (χ4n) is 0.960. The van der Waals surface area contributed by atoms with Crippen LogP contribution in [0.4, 0.5) is 5.82 Å². The highest BCUT2D eigenvalue weighted by atomic mass is 35.5. The maximum atomic E-state index is 5.69. The molecule has 0 bridgehead atoms. The summed E-state index contributed by atoms with van der Waals surface area (Å²) in [6.07, 6.45) is 3.18. The highest BCUT2D eigenvalue weighted by molar-refractivity contribution is 6.29. The third-order valence-corrected chi connectivity index (χ3v) is 2.13. The average molecular weight is 215 g/mol. The Hall–Kier alpha value is -0.870. The maximum Gasteiger partial charge on any atom is 0.149 e. The standard InChI is InChI=1S/C9H15ClN4/c1-3-14(2)5-4-12-9-7-11-6-8(10)13-9/h6-7H,3-5H2,1-2H3,(H,12,13). The van der Waals surface area contributed by atoms with E-state index in [4.69, 9.17) is 11.6 Å². The van der Waals surface area contributed by atoms with E-state index < -0.39 is 0 Å². The lowest BCUT2D eigenvalue weighted by atomic mass is 10.5. The van der Waals surface area contributed by atoms with E-state index in [9.17, 15) is 0 Å². The largest absolute Gasteiger partial charge is 0.367 e. The van der Waals surface area contributed by atoms with Crippen LogP contribution in [0.5, 0.6) is 0 Å². The second-order valence-corrected chi connectivity index (χ2v) is 3.44. The molecule has 1 rings (SSSR count). The molecular formula is C9H15ClN4. The van der Waals surface area contributed by atoms with Crippen LogP contribution >= 0.6 is 11.6 Å². The zero-order chi connectivity index (χ0) is 10.4. The fraction of sp³-hybridized carbons (Fsp3) is 0.556. The molecule has 0 saturated carbocycles. The number of hydrogen-bond acceptors (Lipinski definition) is 4. The van der Waals surface area contributed by atoms with Gasteiger partial charge in [-0.15, -0.1) is 0 Å². The molecule has 78 valence electrons. The lowest BCUT2D eigenvalue weighted by Crippen LogP contribution is -2.24. The predicted molar refractivity (Wildman–Crippen MR) is 58.7 cm³/mol. The molecule has 0 spiro atoms. The van der Waals surface area contributed by atoms with E-state index in [1.807, 2.05) is 0 Å². The van der Waals surface area contributed by atoms with Crippen molar-refractivity contribution in [2.75, 3.05) is 32.0 Å². The SMILES string of the molecule is CCN(C)CCNc1cncc(Cl)n1.